The van der Waals surface area contributed by atoms with Crippen molar-refractivity contribution in [2.24, 2.45) is 5.73 Å². The van der Waals surface area contributed by atoms with E-state index in [-0.39, 0.29) is 6.04 Å². The van der Waals surface area contributed by atoms with E-state index >= 15 is 0 Å². The molecule has 2 heterocycles. The Morgan fingerprint density at radius 3 is 2.76 bits per heavy atom. The first-order chi connectivity index (χ1) is 8.15. The van der Waals surface area contributed by atoms with Crippen molar-refractivity contribution in [3.63, 3.8) is 0 Å². The van der Waals surface area contributed by atoms with Crippen LogP contribution in [0.3, 0.4) is 0 Å². The molecule has 0 amide bonds. The van der Waals surface area contributed by atoms with Crippen molar-refractivity contribution in [3.8, 4) is 11.5 Å². The Hall–Kier alpha value is -1.52. The highest BCUT2D eigenvalue weighted by Crippen LogP contribution is 2.14. The molecule has 17 heavy (non-hydrogen) atoms. The first kappa shape index (κ1) is 12.0. The van der Waals surface area contributed by atoms with Crippen molar-refractivity contribution < 1.29 is 0 Å². The molecule has 0 aliphatic carbocycles. The second-order valence-corrected chi connectivity index (χ2v) is 4.35. The van der Waals surface area contributed by atoms with E-state index in [0.29, 0.717) is 16.5 Å². The summed E-state index contributed by atoms with van der Waals surface area (Å²) in [5, 5.41) is 0.598. The molecule has 0 aliphatic rings. The smallest absolute Gasteiger partial charge is 0.178 e. The van der Waals surface area contributed by atoms with E-state index in [1.807, 2.05) is 13.0 Å². The number of nitrogens with zero attached hydrogens (tertiary/aromatic N) is 3. The molecule has 0 bridgehead atoms. The molecule has 0 spiro atoms. The molecule has 2 N–H and O–H groups in total. The fourth-order valence-corrected chi connectivity index (χ4v) is 1.58. The minimum atomic E-state index is 0.0796. The lowest BCUT2D eigenvalue weighted by Gasteiger charge is -2.05. The molecular formula is C12H13ClN4. The molecule has 1 unspecified atom stereocenters. The Balaban J connectivity index is 2.29. The number of hydrogen-bond donors (Lipinski definition) is 1. The maximum absolute atomic E-state index is 5.78. The van der Waals surface area contributed by atoms with Gasteiger partial charge in [-0.1, -0.05) is 11.6 Å². The van der Waals surface area contributed by atoms with E-state index in [0.717, 1.165) is 12.1 Å². The van der Waals surface area contributed by atoms with Crippen molar-refractivity contribution in [2.75, 3.05) is 0 Å². The van der Waals surface area contributed by atoms with Crippen LogP contribution < -0.4 is 5.73 Å². The van der Waals surface area contributed by atoms with Gasteiger partial charge < -0.3 is 5.73 Å². The summed E-state index contributed by atoms with van der Waals surface area (Å²) < 4.78 is 0. The zero-order valence-corrected chi connectivity index (χ0v) is 10.2. The normalized spacial score (nSPS) is 12.4. The molecule has 0 aromatic carbocycles. The van der Waals surface area contributed by atoms with Crippen molar-refractivity contribution in [1.82, 2.24) is 15.0 Å². The second kappa shape index (κ2) is 5.21. The third-order valence-corrected chi connectivity index (χ3v) is 2.42. The summed E-state index contributed by atoms with van der Waals surface area (Å²) in [4.78, 5) is 12.8. The van der Waals surface area contributed by atoms with E-state index < -0.39 is 0 Å². The molecular weight excluding hydrogens is 236 g/mol. The van der Waals surface area contributed by atoms with Crippen molar-refractivity contribution in [1.29, 1.82) is 0 Å². The standard InChI is InChI=1S/C12H13ClN4/c1-8(14)6-10-4-5-15-12(17-10)11-3-2-9(13)7-16-11/h2-5,7-8H,6,14H2,1H3. The second-order valence-electron chi connectivity index (χ2n) is 3.91. The van der Waals surface area contributed by atoms with Gasteiger partial charge in [-0.15, -0.1) is 0 Å². The Morgan fingerprint density at radius 1 is 1.29 bits per heavy atom. The Kier molecular flexibility index (Phi) is 3.66. The number of aromatic nitrogens is 3. The number of nitrogens with two attached hydrogens (primary N) is 1. The highest BCUT2D eigenvalue weighted by molar-refractivity contribution is 6.30. The first-order valence-corrected chi connectivity index (χ1v) is 5.72. The Labute approximate surface area is 105 Å². The van der Waals surface area contributed by atoms with Crippen molar-refractivity contribution in [2.45, 2.75) is 19.4 Å². The van der Waals surface area contributed by atoms with E-state index in [4.69, 9.17) is 17.3 Å². The maximum atomic E-state index is 5.78. The van der Waals surface area contributed by atoms with Gasteiger partial charge in [0.15, 0.2) is 5.82 Å². The lowest BCUT2D eigenvalue weighted by atomic mass is 10.2. The quantitative estimate of drug-likeness (QED) is 0.903. The first-order valence-electron chi connectivity index (χ1n) is 5.34. The molecule has 0 fully saturated rings. The van der Waals surface area contributed by atoms with Crippen LogP contribution in [-0.4, -0.2) is 21.0 Å². The van der Waals surface area contributed by atoms with Gasteiger partial charge in [0.2, 0.25) is 0 Å². The van der Waals surface area contributed by atoms with Crippen LogP contribution >= 0.6 is 11.6 Å². The van der Waals surface area contributed by atoms with E-state index in [1.54, 1.807) is 24.5 Å². The third kappa shape index (κ3) is 3.22. The SMILES string of the molecule is CC(N)Cc1ccnc(-c2ccc(Cl)cn2)n1. The van der Waals surface area contributed by atoms with Gasteiger partial charge in [-0.2, -0.15) is 0 Å². The summed E-state index contributed by atoms with van der Waals surface area (Å²) in [6, 6.07) is 5.51. The maximum Gasteiger partial charge on any atom is 0.178 e. The molecule has 2 aromatic rings. The largest absolute Gasteiger partial charge is 0.328 e. The highest BCUT2D eigenvalue weighted by Gasteiger charge is 2.05. The predicted molar refractivity (Wildman–Crippen MR) is 67.6 cm³/mol. The van der Waals surface area contributed by atoms with E-state index in [1.165, 1.54) is 0 Å². The Morgan fingerprint density at radius 2 is 2.12 bits per heavy atom. The number of halogens is 1. The minimum Gasteiger partial charge on any atom is -0.328 e. The average Bonchev–Trinajstić information content (AvgIpc) is 2.29. The van der Waals surface area contributed by atoms with Crippen LogP contribution in [0.5, 0.6) is 0 Å². The summed E-state index contributed by atoms with van der Waals surface area (Å²) in [7, 11) is 0. The van der Waals surface area contributed by atoms with Crippen molar-refractivity contribution >= 4 is 11.6 Å². The molecule has 0 saturated carbocycles. The summed E-state index contributed by atoms with van der Waals surface area (Å²) >= 11 is 5.78. The van der Waals surface area contributed by atoms with Gasteiger partial charge in [-0.3, -0.25) is 4.98 Å². The number of pyridine rings is 1. The van der Waals surface area contributed by atoms with Crippen LogP contribution in [0.4, 0.5) is 0 Å². The van der Waals surface area contributed by atoms with Gasteiger partial charge in [0, 0.05) is 30.6 Å². The van der Waals surface area contributed by atoms with Crippen LogP contribution in [0.2, 0.25) is 5.02 Å². The minimum absolute atomic E-state index is 0.0796. The van der Waals surface area contributed by atoms with Crippen LogP contribution in [-0.2, 0) is 6.42 Å². The van der Waals surface area contributed by atoms with Gasteiger partial charge in [-0.05, 0) is 25.1 Å². The molecule has 2 rings (SSSR count). The third-order valence-electron chi connectivity index (χ3n) is 2.20. The van der Waals surface area contributed by atoms with Crippen LogP contribution in [0.15, 0.2) is 30.6 Å². The van der Waals surface area contributed by atoms with Gasteiger partial charge >= 0.3 is 0 Å². The van der Waals surface area contributed by atoms with Crippen LogP contribution in [0.1, 0.15) is 12.6 Å². The fourth-order valence-electron chi connectivity index (χ4n) is 1.47. The van der Waals surface area contributed by atoms with Gasteiger partial charge in [0.25, 0.3) is 0 Å². The summed E-state index contributed by atoms with van der Waals surface area (Å²) in [6.07, 6.45) is 4.03. The molecule has 0 aliphatic heterocycles. The monoisotopic (exact) mass is 248 g/mol. The topological polar surface area (TPSA) is 64.7 Å². The molecule has 0 saturated heterocycles. The van der Waals surface area contributed by atoms with Crippen molar-refractivity contribution in [3.05, 3.63) is 41.3 Å². The van der Waals surface area contributed by atoms with E-state index in [9.17, 15) is 0 Å². The summed E-state index contributed by atoms with van der Waals surface area (Å²) in [6.45, 7) is 1.95. The summed E-state index contributed by atoms with van der Waals surface area (Å²) in [5.74, 6) is 0.597. The number of rotatable bonds is 3. The molecule has 4 nitrogen and oxygen atoms in total. The number of hydrogen-bond acceptors (Lipinski definition) is 4. The zero-order valence-electron chi connectivity index (χ0n) is 9.47. The average molecular weight is 249 g/mol. The zero-order chi connectivity index (χ0) is 12.3. The van der Waals surface area contributed by atoms with Crippen LogP contribution in [0.25, 0.3) is 11.5 Å². The van der Waals surface area contributed by atoms with Gasteiger partial charge in [0.1, 0.15) is 5.69 Å². The van der Waals surface area contributed by atoms with E-state index in [2.05, 4.69) is 15.0 Å². The predicted octanol–water partition coefficient (Wildman–Crippen LogP) is 2.08. The Bertz CT molecular complexity index is 496. The molecule has 0 radical (unpaired) electrons. The lowest BCUT2D eigenvalue weighted by molar-refractivity contribution is 0.720. The highest BCUT2D eigenvalue weighted by atomic mass is 35.5. The summed E-state index contributed by atoms with van der Waals surface area (Å²) in [5.41, 5.74) is 7.37. The van der Waals surface area contributed by atoms with Gasteiger partial charge in [0.05, 0.1) is 5.02 Å². The molecule has 1 atom stereocenters. The van der Waals surface area contributed by atoms with Gasteiger partial charge in [-0.25, -0.2) is 9.97 Å². The molecule has 5 heteroatoms. The lowest BCUT2D eigenvalue weighted by Crippen LogP contribution is -2.18. The fraction of sp³-hybridized carbons (Fsp3) is 0.250. The molecule has 88 valence electrons. The molecule has 2 aromatic heterocycles. The van der Waals surface area contributed by atoms with Crippen LogP contribution in [0, 0.1) is 0 Å².